The minimum atomic E-state index is -0.178. The molecule has 0 aliphatic carbocycles. The Morgan fingerprint density at radius 1 is 1.21 bits per heavy atom. The zero-order valence-electron chi connectivity index (χ0n) is 7.58. The number of halogens is 2. The number of benzene rings is 1. The van der Waals surface area contributed by atoms with E-state index in [1.165, 1.54) is 0 Å². The molecule has 1 aliphatic heterocycles. The van der Waals surface area contributed by atoms with Gasteiger partial charge in [-0.1, -0.05) is 50.1 Å². The van der Waals surface area contributed by atoms with Crippen LogP contribution < -0.4 is 4.90 Å². The fourth-order valence-electron chi connectivity index (χ4n) is 1.61. The fourth-order valence-corrected chi connectivity index (χ4v) is 2.82. The molecule has 4 heteroatoms. The summed E-state index contributed by atoms with van der Waals surface area (Å²) >= 11 is 6.92. The first-order valence-electron chi connectivity index (χ1n) is 4.27. The van der Waals surface area contributed by atoms with Crippen LogP contribution in [0.4, 0.5) is 5.69 Å². The second-order valence-electron chi connectivity index (χ2n) is 3.26. The molecule has 0 saturated carbocycles. The second kappa shape index (κ2) is 3.66. The van der Waals surface area contributed by atoms with E-state index in [1.807, 2.05) is 24.3 Å². The van der Waals surface area contributed by atoms with Gasteiger partial charge in [0.2, 0.25) is 5.91 Å². The lowest BCUT2D eigenvalue weighted by Crippen LogP contribution is -2.40. The lowest BCUT2D eigenvalue weighted by Gasteiger charge is -2.32. The van der Waals surface area contributed by atoms with Crippen LogP contribution in [0, 0.1) is 0 Å². The van der Waals surface area contributed by atoms with Gasteiger partial charge in [-0.05, 0) is 11.6 Å². The van der Waals surface area contributed by atoms with E-state index in [2.05, 4.69) is 31.9 Å². The molecule has 0 spiro atoms. The van der Waals surface area contributed by atoms with Gasteiger partial charge in [-0.15, -0.1) is 0 Å². The van der Waals surface area contributed by atoms with Crippen LogP contribution in [0.15, 0.2) is 24.3 Å². The third kappa shape index (κ3) is 1.41. The number of alkyl halides is 2. The standard InChI is InChI=1S/C10H9Br2NO/c1-13-7-5-3-2-4-6(7)8(11)9(12)10(13)14/h2-5,8-9H,1H3. The summed E-state index contributed by atoms with van der Waals surface area (Å²) in [5.41, 5.74) is 2.13. The van der Waals surface area contributed by atoms with Crippen LogP contribution in [0.2, 0.25) is 0 Å². The molecule has 1 aromatic rings. The molecule has 74 valence electrons. The summed E-state index contributed by atoms with van der Waals surface area (Å²) in [6.45, 7) is 0. The number of fused-ring (bicyclic) bond motifs is 1. The maximum absolute atomic E-state index is 11.7. The highest BCUT2D eigenvalue weighted by molar-refractivity contribution is 9.12. The first-order valence-corrected chi connectivity index (χ1v) is 6.10. The highest BCUT2D eigenvalue weighted by Gasteiger charge is 2.35. The molecule has 1 heterocycles. The van der Waals surface area contributed by atoms with E-state index in [0.717, 1.165) is 11.3 Å². The minimum Gasteiger partial charge on any atom is -0.314 e. The number of carbonyl (C=O) groups excluding carboxylic acids is 1. The zero-order valence-corrected chi connectivity index (χ0v) is 10.7. The van der Waals surface area contributed by atoms with Crippen molar-refractivity contribution in [2.24, 2.45) is 0 Å². The third-order valence-corrected chi connectivity index (χ3v) is 5.07. The van der Waals surface area contributed by atoms with E-state index >= 15 is 0 Å². The number of nitrogens with zero attached hydrogens (tertiary/aromatic N) is 1. The molecular weight excluding hydrogens is 310 g/mol. The highest BCUT2D eigenvalue weighted by atomic mass is 79.9. The van der Waals surface area contributed by atoms with Gasteiger partial charge < -0.3 is 4.90 Å². The average molecular weight is 319 g/mol. The molecule has 0 N–H and O–H groups in total. The fraction of sp³-hybridized carbons (Fsp3) is 0.300. The molecule has 2 rings (SSSR count). The van der Waals surface area contributed by atoms with E-state index in [-0.39, 0.29) is 15.6 Å². The molecule has 0 fully saturated rings. The molecule has 0 saturated heterocycles. The first kappa shape index (κ1) is 10.2. The van der Waals surface area contributed by atoms with E-state index in [0.29, 0.717) is 0 Å². The average Bonchev–Trinajstić information content (AvgIpc) is 2.23. The smallest absolute Gasteiger partial charge is 0.242 e. The first-order chi connectivity index (χ1) is 6.63. The van der Waals surface area contributed by atoms with E-state index in [9.17, 15) is 4.79 Å². The number of hydrogen-bond acceptors (Lipinski definition) is 1. The number of hydrogen-bond donors (Lipinski definition) is 0. The van der Waals surface area contributed by atoms with Gasteiger partial charge in [0, 0.05) is 12.7 Å². The predicted molar refractivity (Wildman–Crippen MR) is 64.2 cm³/mol. The predicted octanol–water partition coefficient (Wildman–Crippen LogP) is 2.86. The van der Waals surface area contributed by atoms with Gasteiger partial charge in [-0.25, -0.2) is 0 Å². The van der Waals surface area contributed by atoms with E-state index < -0.39 is 0 Å². The summed E-state index contributed by atoms with van der Waals surface area (Å²) in [6, 6.07) is 7.92. The number of para-hydroxylation sites is 1. The molecular formula is C10H9Br2NO. The van der Waals surface area contributed by atoms with Crippen LogP contribution >= 0.6 is 31.9 Å². The molecule has 2 unspecified atom stereocenters. The highest BCUT2D eigenvalue weighted by Crippen LogP contribution is 2.41. The van der Waals surface area contributed by atoms with Crippen molar-refractivity contribution in [3.8, 4) is 0 Å². The molecule has 2 nitrogen and oxygen atoms in total. The van der Waals surface area contributed by atoms with Crippen LogP contribution in [-0.2, 0) is 4.79 Å². The summed E-state index contributed by atoms with van der Waals surface area (Å²) in [5, 5.41) is 0. The maximum atomic E-state index is 11.7. The number of anilines is 1. The summed E-state index contributed by atoms with van der Waals surface area (Å²) in [4.78, 5) is 13.3. The molecule has 2 atom stereocenters. The van der Waals surface area contributed by atoms with E-state index in [1.54, 1.807) is 11.9 Å². The van der Waals surface area contributed by atoms with Gasteiger partial charge in [0.25, 0.3) is 0 Å². The Bertz CT molecular complexity index is 380. The van der Waals surface area contributed by atoms with Crippen molar-refractivity contribution in [3.05, 3.63) is 29.8 Å². The van der Waals surface area contributed by atoms with Crippen molar-refractivity contribution in [2.45, 2.75) is 9.65 Å². The van der Waals surface area contributed by atoms with Crippen molar-refractivity contribution in [1.82, 2.24) is 0 Å². The number of rotatable bonds is 0. The Morgan fingerprint density at radius 2 is 1.86 bits per heavy atom. The van der Waals surface area contributed by atoms with Gasteiger partial charge in [-0.2, -0.15) is 0 Å². The lowest BCUT2D eigenvalue weighted by atomic mass is 10.0. The van der Waals surface area contributed by atoms with Crippen LogP contribution in [0.25, 0.3) is 0 Å². The van der Waals surface area contributed by atoms with E-state index in [4.69, 9.17) is 0 Å². The summed E-state index contributed by atoms with van der Waals surface area (Å²) in [5.74, 6) is 0.0885. The normalized spacial score (nSPS) is 26.2. The van der Waals surface area contributed by atoms with Crippen LogP contribution in [-0.4, -0.2) is 17.8 Å². The largest absolute Gasteiger partial charge is 0.314 e. The Labute approximate surface area is 99.5 Å². The molecule has 1 aromatic carbocycles. The summed E-state index contributed by atoms with van der Waals surface area (Å²) in [7, 11) is 1.80. The minimum absolute atomic E-state index is 0.0578. The molecule has 1 aliphatic rings. The topological polar surface area (TPSA) is 20.3 Å². The Kier molecular flexibility index (Phi) is 2.66. The van der Waals surface area contributed by atoms with Gasteiger partial charge in [-0.3, -0.25) is 4.79 Å². The van der Waals surface area contributed by atoms with Gasteiger partial charge in [0.15, 0.2) is 0 Å². The van der Waals surface area contributed by atoms with Gasteiger partial charge >= 0.3 is 0 Å². The van der Waals surface area contributed by atoms with Gasteiger partial charge in [0.05, 0.1) is 4.83 Å². The third-order valence-electron chi connectivity index (χ3n) is 2.42. The van der Waals surface area contributed by atoms with Crippen LogP contribution in [0.5, 0.6) is 0 Å². The van der Waals surface area contributed by atoms with Crippen molar-refractivity contribution in [3.63, 3.8) is 0 Å². The van der Waals surface area contributed by atoms with Crippen LogP contribution in [0.1, 0.15) is 10.4 Å². The Balaban J connectivity index is 2.56. The van der Waals surface area contributed by atoms with Crippen LogP contribution in [0.3, 0.4) is 0 Å². The molecule has 0 bridgehead atoms. The Hall–Kier alpha value is -0.350. The van der Waals surface area contributed by atoms with Crippen molar-refractivity contribution in [2.75, 3.05) is 11.9 Å². The van der Waals surface area contributed by atoms with Crippen molar-refractivity contribution < 1.29 is 4.79 Å². The quantitative estimate of drug-likeness (QED) is 0.674. The molecule has 1 amide bonds. The summed E-state index contributed by atoms with van der Waals surface area (Å²) in [6.07, 6.45) is 0. The second-order valence-corrected chi connectivity index (χ2v) is 5.23. The lowest BCUT2D eigenvalue weighted by molar-refractivity contribution is -0.118. The monoisotopic (exact) mass is 317 g/mol. The molecule has 0 aromatic heterocycles. The Morgan fingerprint density at radius 3 is 2.57 bits per heavy atom. The number of carbonyl (C=O) groups is 1. The van der Waals surface area contributed by atoms with Crippen molar-refractivity contribution >= 4 is 43.5 Å². The van der Waals surface area contributed by atoms with Gasteiger partial charge in [0.1, 0.15) is 4.83 Å². The number of amides is 1. The maximum Gasteiger partial charge on any atom is 0.242 e. The molecule has 14 heavy (non-hydrogen) atoms. The van der Waals surface area contributed by atoms with Crippen molar-refractivity contribution in [1.29, 1.82) is 0 Å². The molecule has 0 radical (unpaired) electrons. The summed E-state index contributed by atoms with van der Waals surface area (Å²) < 4.78 is 0. The zero-order chi connectivity index (χ0) is 10.3. The SMILES string of the molecule is CN1C(=O)C(Br)C(Br)c2ccccc21.